The first kappa shape index (κ1) is 22.0. The highest BCUT2D eigenvalue weighted by molar-refractivity contribution is 5.94. The number of rotatable bonds is 8. The second-order valence-corrected chi connectivity index (χ2v) is 8.04. The van der Waals surface area contributed by atoms with Crippen molar-refractivity contribution >= 4 is 11.7 Å². The van der Waals surface area contributed by atoms with Gasteiger partial charge in [0.15, 0.2) is 0 Å². The van der Waals surface area contributed by atoms with Gasteiger partial charge in [-0.2, -0.15) is 0 Å². The Kier molecular flexibility index (Phi) is 7.20. The number of aliphatic hydroxyl groups excluding tert-OH is 1. The fourth-order valence-electron chi connectivity index (χ4n) is 3.63. The first-order valence-electron chi connectivity index (χ1n) is 10.3. The molecule has 0 saturated carbocycles. The van der Waals surface area contributed by atoms with Crippen molar-refractivity contribution in [1.29, 1.82) is 5.41 Å². The third-order valence-corrected chi connectivity index (χ3v) is 5.62. The highest BCUT2D eigenvalue weighted by atomic mass is 16.3. The number of amidine groups is 1. The molecule has 2 aromatic carbocycles. The fourth-order valence-corrected chi connectivity index (χ4v) is 3.63. The van der Waals surface area contributed by atoms with E-state index in [1.54, 1.807) is 19.1 Å². The summed E-state index contributed by atoms with van der Waals surface area (Å²) in [6.45, 7) is 5.05. The average Bonchev–Trinajstić information content (AvgIpc) is 3.23. The zero-order valence-electron chi connectivity index (χ0n) is 17.5. The van der Waals surface area contributed by atoms with Gasteiger partial charge in [0, 0.05) is 18.7 Å². The molecule has 7 N–H and O–H groups in total. The number of nitrogens with two attached hydrogens (primary N) is 1. The van der Waals surface area contributed by atoms with E-state index in [0.29, 0.717) is 18.0 Å². The number of carbonyl (C=O) groups excluding carboxylic acids is 1. The lowest BCUT2D eigenvalue weighted by atomic mass is 9.95. The summed E-state index contributed by atoms with van der Waals surface area (Å²) in [4.78, 5) is 12.6. The Hall–Kier alpha value is -2.74. The molecule has 0 aliphatic carbocycles. The predicted octanol–water partition coefficient (Wildman–Crippen LogP) is 1.34. The predicted molar refractivity (Wildman–Crippen MR) is 118 cm³/mol. The van der Waals surface area contributed by atoms with E-state index >= 15 is 0 Å². The van der Waals surface area contributed by atoms with Crippen LogP contribution in [0.1, 0.15) is 41.5 Å². The molecule has 1 fully saturated rings. The van der Waals surface area contributed by atoms with Crippen molar-refractivity contribution in [1.82, 2.24) is 16.0 Å². The lowest BCUT2D eigenvalue weighted by molar-refractivity contribution is -0.124. The topological polar surface area (TPSA) is 123 Å². The molecule has 0 radical (unpaired) electrons. The van der Waals surface area contributed by atoms with Gasteiger partial charge in [0.2, 0.25) is 5.91 Å². The SMILES string of the molecule is Cc1ccc([C@H]2CN[C@@H](C(=O)N[C@@H](C)C(O)NCc3ccc(C(=N)N)cc3)C2)cc1. The second-order valence-electron chi connectivity index (χ2n) is 8.04. The summed E-state index contributed by atoms with van der Waals surface area (Å²) in [6, 6.07) is 15.0. The van der Waals surface area contributed by atoms with Crippen molar-refractivity contribution in [3.8, 4) is 0 Å². The van der Waals surface area contributed by atoms with Crippen LogP contribution in [0.25, 0.3) is 0 Å². The number of carbonyl (C=O) groups is 1. The molecule has 1 aliphatic heterocycles. The molecule has 1 amide bonds. The van der Waals surface area contributed by atoms with Crippen LogP contribution in [0.4, 0.5) is 0 Å². The van der Waals surface area contributed by atoms with Gasteiger partial charge in [0.1, 0.15) is 12.1 Å². The lowest BCUT2D eigenvalue weighted by Gasteiger charge is -2.23. The monoisotopic (exact) mass is 409 g/mol. The number of benzene rings is 2. The van der Waals surface area contributed by atoms with E-state index in [0.717, 1.165) is 18.5 Å². The maximum absolute atomic E-state index is 12.6. The van der Waals surface area contributed by atoms with Crippen molar-refractivity contribution < 1.29 is 9.90 Å². The van der Waals surface area contributed by atoms with E-state index in [-0.39, 0.29) is 17.8 Å². The number of nitrogens with one attached hydrogen (secondary N) is 4. The third kappa shape index (κ3) is 5.66. The standard InChI is InChI=1S/C23H31N5O2/c1-14-3-7-17(8-4-14)19-11-20(26-13-19)23(30)28-15(2)22(29)27-12-16-5-9-18(10-6-16)21(24)25/h3-10,15,19-20,22,26-27,29H,11-13H2,1-2H3,(H3,24,25)(H,28,30)/t15-,19+,20+,22?/m0/s1. The molecule has 160 valence electrons. The normalized spacial score (nSPS) is 20.5. The minimum atomic E-state index is -0.879. The Bertz CT molecular complexity index is 866. The van der Waals surface area contributed by atoms with Gasteiger partial charge < -0.3 is 21.5 Å². The Morgan fingerprint density at radius 3 is 2.53 bits per heavy atom. The summed E-state index contributed by atoms with van der Waals surface area (Å²) in [5.41, 5.74) is 9.54. The summed E-state index contributed by atoms with van der Waals surface area (Å²) in [5, 5.41) is 27.0. The van der Waals surface area contributed by atoms with E-state index in [1.165, 1.54) is 11.1 Å². The summed E-state index contributed by atoms with van der Waals surface area (Å²) in [7, 11) is 0. The van der Waals surface area contributed by atoms with Crippen molar-refractivity contribution in [2.75, 3.05) is 6.54 Å². The molecule has 1 aliphatic rings. The number of amides is 1. The van der Waals surface area contributed by atoms with Crippen molar-refractivity contribution in [2.45, 2.75) is 51.0 Å². The van der Waals surface area contributed by atoms with Gasteiger partial charge in [-0.25, -0.2) is 0 Å². The highest BCUT2D eigenvalue weighted by Gasteiger charge is 2.31. The number of hydrogen-bond acceptors (Lipinski definition) is 5. The largest absolute Gasteiger partial charge is 0.384 e. The van der Waals surface area contributed by atoms with Crippen LogP contribution in [0.2, 0.25) is 0 Å². The van der Waals surface area contributed by atoms with Gasteiger partial charge in [-0.1, -0.05) is 54.1 Å². The summed E-state index contributed by atoms with van der Waals surface area (Å²) >= 11 is 0. The summed E-state index contributed by atoms with van der Waals surface area (Å²) < 4.78 is 0. The van der Waals surface area contributed by atoms with E-state index in [2.05, 4.69) is 47.1 Å². The Balaban J connectivity index is 1.45. The maximum atomic E-state index is 12.6. The first-order chi connectivity index (χ1) is 14.3. The van der Waals surface area contributed by atoms with Crippen LogP contribution >= 0.6 is 0 Å². The molecular weight excluding hydrogens is 378 g/mol. The van der Waals surface area contributed by atoms with Gasteiger partial charge in [0.05, 0.1) is 12.1 Å². The van der Waals surface area contributed by atoms with Gasteiger partial charge in [0.25, 0.3) is 0 Å². The van der Waals surface area contributed by atoms with Crippen LogP contribution < -0.4 is 21.7 Å². The summed E-state index contributed by atoms with van der Waals surface area (Å²) in [5.74, 6) is 0.248. The van der Waals surface area contributed by atoms with E-state index in [1.807, 2.05) is 12.1 Å². The fraction of sp³-hybridized carbons (Fsp3) is 0.391. The van der Waals surface area contributed by atoms with E-state index in [4.69, 9.17) is 11.1 Å². The molecule has 1 saturated heterocycles. The van der Waals surface area contributed by atoms with Crippen LogP contribution in [-0.4, -0.2) is 41.7 Å². The van der Waals surface area contributed by atoms with Gasteiger partial charge in [-0.05, 0) is 37.3 Å². The second kappa shape index (κ2) is 9.84. The Morgan fingerprint density at radius 2 is 1.90 bits per heavy atom. The zero-order valence-corrected chi connectivity index (χ0v) is 17.5. The molecule has 2 aromatic rings. The molecule has 1 unspecified atom stereocenters. The first-order valence-corrected chi connectivity index (χ1v) is 10.3. The lowest BCUT2D eigenvalue weighted by Crippen LogP contribution is -2.52. The van der Waals surface area contributed by atoms with Gasteiger partial charge >= 0.3 is 0 Å². The Labute approximate surface area is 177 Å². The molecular formula is C23H31N5O2. The molecule has 0 bridgehead atoms. The van der Waals surface area contributed by atoms with E-state index in [9.17, 15) is 9.90 Å². The highest BCUT2D eigenvalue weighted by Crippen LogP contribution is 2.26. The molecule has 7 heteroatoms. The van der Waals surface area contributed by atoms with Crippen LogP contribution in [-0.2, 0) is 11.3 Å². The molecule has 0 aromatic heterocycles. The van der Waals surface area contributed by atoms with Crippen LogP contribution in [0, 0.1) is 12.3 Å². The minimum absolute atomic E-state index is 0.0241. The smallest absolute Gasteiger partial charge is 0.237 e. The zero-order chi connectivity index (χ0) is 21.7. The van der Waals surface area contributed by atoms with Crippen molar-refractivity contribution in [3.05, 3.63) is 70.8 Å². The van der Waals surface area contributed by atoms with E-state index < -0.39 is 12.3 Å². The molecule has 1 heterocycles. The quantitative estimate of drug-likeness (QED) is 0.223. The molecule has 4 atom stereocenters. The molecule has 3 rings (SSSR count). The van der Waals surface area contributed by atoms with Crippen LogP contribution in [0.5, 0.6) is 0 Å². The summed E-state index contributed by atoms with van der Waals surface area (Å²) in [6.07, 6.45) is -0.135. The van der Waals surface area contributed by atoms with Gasteiger partial charge in [-0.3, -0.25) is 15.5 Å². The van der Waals surface area contributed by atoms with Crippen molar-refractivity contribution in [2.24, 2.45) is 5.73 Å². The minimum Gasteiger partial charge on any atom is -0.384 e. The van der Waals surface area contributed by atoms with Crippen molar-refractivity contribution in [3.63, 3.8) is 0 Å². The van der Waals surface area contributed by atoms with Crippen LogP contribution in [0.15, 0.2) is 48.5 Å². The molecule has 0 spiro atoms. The number of nitrogen functional groups attached to an aromatic ring is 1. The molecule has 7 nitrogen and oxygen atoms in total. The van der Waals surface area contributed by atoms with Gasteiger partial charge in [-0.15, -0.1) is 0 Å². The average molecular weight is 410 g/mol. The number of aryl methyl sites for hydroxylation is 1. The molecule has 30 heavy (non-hydrogen) atoms. The third-order valence-electron chi connectivity index (χ3n) is 5.62. The number of hydrogen-bond donors (Lipinski definition) is 6. The maximum Gasteiger partial charge on any atom is 0.237 e. The Morgan fingerprint density at radius 1 is 1.23 bits per heavy atom. The van der Waals surface area contributed by atoms with Crippen LogP contribution in [0.3, 0.4) is 0 Å². The number of aliphatic hydroxyl groups is 1.